The van der Waals surface area contributed by atoms with Crippen LogP contribution in [-0.2, 0) is 20.9 Å². The van der Waals surface area contributed by atoms with Crippen molar-refractivity contribution in [1.29, 1.82) is 0 Å². The molecule has 0 radical (unpaired) electrons. The lowest BCUT2D eigenvalue weighted by atomic mass is 10.1. The van der Waals surface area contributed by atoms with Crippen LogP contribution < -0.4 is 0 Å². The van der Waals surface area contributed by atoms with Gasteiger partial charge in [0.25, 0.3) is 0 Å². The van der Waals surface area contributed by atoms with E-state index >= 15 is 0 Å². The van der Waals surface area contributed by atoms with E-state index in [1.807, 2.05) is 31.2 Å². The van der Waals surface area contributed by atoms with Crippen LogP contribution >= 0.6 is 0 Å². The number of hydrogen-bond donors (Lipinski definition) is 0. The van der Waals surface area contributed by atoms with Crippen molar-refractivity contribution in [3.8, 4) is 0 Å². The summed E-state index contributed by atoms with van der Waals surface area (Å²) in [6, 6.07) is 8.06. The molecule has 1 aliphatic rings. The highest BCUT2D eigenvalue weighted by molar-refractivity contribution is 5.79. The summed E-state index contributed by atoms with van der Waals surface area (Å²) in [6.45, 7) is 8.33. The molecule has 0 N–H and O–H groups in total. The third kappa shape index (κ3) is 5.59. The Morgan fingerprint density at radius 3 is 2.04 bits per heavy atom. The standard InChI is InChI=1S/C19H27N3O3/c1-15-4-6-18(7-5-15)14-22(17(3)24)9-8-19(25)21-12-10-20(11-13-21)16(2)23/h4-7H,8-14H2,1-3H3. The molecule has 6 heteroatoms. The zero-order chi connectivity index (χ0) is 18.4. The minimum absolute atomic E-state index is 0.0326. The molecule has 1 aromatic rings. The van der Waals surface area contributed by atoms with Crippen LogP contribution in [-0.4, -0.2) is 65.1 Å². The topological polar surface area (TPSA) is 60.9 Å². The Labute approximate surface area is 149 Å². The Hall–Kier alpha value is -2.37. The van der Waals surface area contributed by atoms with Gasteiger partial charge in [-0.05, 0) is 12.5 Å². The van der Waals surface area contributed by atoms with E-state index in [0.29, 0.717) is 45.7 Å². The van der Waals surface area contributed by atoms with Crippen molar-refractivity contribution in [3.05, 3.63) is 35.4 Å². The van der Waals surface area contributed by atoms with E-state index in [1.54, 1.807) is 21.6 Å². The van der Waals surface area contributed by atoms with Gasteiger partial charge in [0.2, 0.25) is 17.7 Å². The normalized spacial score (nSPS) is 14.4. The first-order valence-corrected chi connectivity index (χ1v) is 8.71. The molecule has 2 rings (SSSR count). The quantitative estimate of drug-likeness (QED) is 0.811. The maximum absolute atomic E-state index is 12.4. The molecular weight excluding hydrogens is 318 g/mol. The first kappa shape index (κ1) is 19.0. The summed E-state index contributed by atoms with van der Waals surface area (Å²) in [5, 5.41) is 0. The zero-order valence-electron chi connectivity index (χ0n) is 15.3. The van der Waals surface area contributed by atoms with Crippen LogP contribution in [0.15, 0.2) is 24.3 Å². The number of hydrogen-bond acceptors (Lipinski definition) is 3. The van der Waals surface area contributed by atoms with E-state index in [4.69, 9.17) is 0 Å². The molecule has 25 heavy (non-hydrogen) atoms. The third-order valence-electron chi connectivity index (χ3n) is 4.61. The molecule has 0 aromatic heterocycles. The van der Waals surface area contributed by atoms with Gasteiger partial charge in [-0.15, -0.1) is 0 Å². The second-order valence-corrected chi connectivity index (χ2v) is 6.56. The average molecular weight is 345 g/mol. The number of carbonyl (C=O) groups is 3. The maximum Gasteiger partial charge on any atom is 0.224 e. The van der Waals surface area contributed by atoms with Gasteiger partial charge >= 0.3 is 0 Å². The molecule has 0 saturated carbocycles. The Kier molecular flexibility index (Phi) is 6.56. The van der Waals surface area contributed by atoms with Gasteiger partial charge in [0, 0.05) is 59.5 Å². The molecule has 6 nitrogen and oxygen atoms in total. The Morgan fingerprint density at radius 2 is 1.52 bits per heavy atom. The zero-order valence-corrected chi connectivity index (χ0v) is 15.3. The summed E-state index contributed by atoms with van der Waals surface area (Å²) in [5.41, 5.74) is 2.24. The molecule has 1 saturated heterocycles. The fourth-order valence-corrected chi connectivity index (χ4v) is 2.92. The van der Waals surface area contributed by atoms with Gasteiger partial charge in [-0.2, -0.15) is 0 Å². The van der Waals surface area contributed by atoms with Gasteiger partial charge in [-0.1, -0.05) is 29.8 Å². The monoisotopic (exact) mass is 345 g/mol. The molecule has 0 bridgehead atoms. The third-order valence-corrected chi connectivity index (χ3v) is 4.61. The summed E-state index contributed by atoms with van der Waals surface area (Å²) >= 11 is 0. The summed E-state index contributed by atoms with van der Waals surface area (Å²) in [5.74, 6) is 0.0566. The SMILES string of the molecule is CC(=O)N1CCN(C(=O)CCN(Cc2ccc(C)cc2)C(C)=O)CC1. The van der Waals surface area contributed by atoms with Crippen LogP contribution in [0.2, 0.25) is 0 Å². The van der Waals surface area contributed by atoms with E-state index in [1.165, 1.54) is 12.5 Å². The van der Waals surface area contributed by atoms with Gasteiger partial charge in [0.1, 0.15) is 0 Å². The molecule has 1 aromatic carbocycles. The lowest BCUT2D eigenvalue weighted by Crippen LogP contribution is -2.50. The molecule has 136 valence electrons. The van der Waals surface area contributed by atoms with Crippen molar-refractivity contribution in [2.24, 2.45) is 0 Å². The second-order valence-electron chi connectivity index (χ2n) is 6.56. The number of rotatable bonds is 5. The average Bonchev–Trinajstić information content (AvgIpc) is 2.59. The van der Waals surface area contributed by atoms with Crippen LogP contribution in [0.5, 0.6) is 0 Å². The summed E-state index contributed by atoms with van der Waals surface area (Å²) in [7, 11) is 0. The summed E-state index contributed by atoms with van der Waals surface area (Å²) < 4.78 is 0. The van der Waals surface area contributed by atoms with Crippen LogP contribution in [0.1, 0.15) is 31.4 Å². The molecule has 1 fully saturated rings. The van der Waals surface area contributed by atoms with Gasteiger partial charge in [-0.3, -0.25) is 14.4 Å². The first-order chi connectivity index (χ1) is 11.9. The lowest BCUT2D eigenvalue weighted by Gasteiger charge is -2.34. The highest BCUT2D eigenvalue weighted by Gasteiger charge is 2.22. The van der Waals surface area contributed by atoms with Crippen molar-refractivity contribution < 1.29 is 14.4 Å². The number of piperazine rings is 1. The van der Waals surface area contributed by atoms with Crippen LogP contribution in [0.4, 0.5) is 0 Å². The van der Waals surface area contributed by atoms with Crippen molar-refractivity contribution in [1.82, 2.24) is 14.7 Å². The van der Waals surface area contributed by atoms with Gasteiger partial charge < -0.3 is 14.7 Å². The molecule has 0 spiro atoms. The fourth-order valence-electron chi connectivity index (χ4n) is 2.92. The lowest BCUT2D eigenvalue weighted by molar-refractivity contribution is -0.139. The van der Waals surface area contributed by atoms with Crippen molar-refractivity contribution in [2.75, 3.05) is 32.7 Å². The predicted octanol–water partition coefficient (Wildman–Crippen LogP) is 1.42. The molecule has 0 unspecified atom stereocenters. The Morgan fingerprint density at radius 1 is 0.960 bits per heavy atom. The van der Waals surface area contributed by atoms with E-state index in [0.717, 1.165) is 5.56 Å². The van der Waals surface area contributed by atoms with E-state index in [-0.39, 0.29) is 17.7 Å². The van der Waals surface area contributed by atoms with Crippen molar-refractivity contribution in [2.45, 2.75) is 33.7 Å². The molecular formula is C19H27N3O3. The van der Waals surface area contributed by atoms with Crippen LogP contribution in [0.25, 0.3) is 0 Å². The first-order valence-electron chi connectivity index (χ1n) is 8.71. The van der Waals surface area contributed by atoms with Gasteiger partial charge in [0.05, 0.1) is 0 Å². The van der Waals surface area contributed by atoms with E-state index in [9.17, 15) is 14.4 Å². The number of amides is 3. The minimum Gasteiger partial charge on any atom is -0.339 e. The van der Waals surface area contributed by atoms with Crippen LogP contribution in [0, 0.1) is 6.92 Å². The van der Waals surface area contributed by atoms with Crippen molar-refractivity contribution >= 4 is 17.7 Å². The Balaban J connectivity index is 1.84. The smallest absolute Gasteiger partial charge is 0.224 e. The summed E-state index contributed by atoms with van der Waals surface area (Å²) in [6.07, 6.45) is 0.311. The van der Waals surface area contributed by atoms with Gasteiger partial charge in [-0.25, -0.2) is 0 Å². The number of nitrogens with zero attached hydrogens (tertiary/aromatic N) is 3. The fraction of sp³-hybridized carbons (Fsp3) is 0.526. The number of aryl methyl sites for hydroxylation is 1. The highest BCUT2D eigenvalue weighted by Crippen LogP contribution is 2.09. The summed E-state index contributed by atoms with van der Waals surface area (Å²) in [4.78, 5) is 40.8. The van der Waals surface area contributed by atoms with Crippen LogP contribution in [0.3, 0.4) is 0 Å². The maximum atomic E-state index is 12.4. The minimum atomic E-state index is -0.0326. The highest BCUT2D eigenvalue weighted by atomic mass is 16.2. The van der Waals surface area contributed by atoms with Gasteiger partial charge in [0.15, 0.2) is 0 Å². The Bertz CT molecular complexity index is 619. The predicted molar refractivity (Wildman–Crippen MR) is 95.7 cm³/mol. The van der Waals surface area contributed by atoms with E-state index in [2.05, 4.69) is 0 Å². The van der Waals surface area contributed by atoms with E-state index < -0.39 is 0 Å². The molecule has 0 atom stereocenters. The largest absolute Gasteiger partial charge is 0.339 e. The number of benzene rings is 1. The molecule has 1 heterocycles. The number of carbonyl (C=O) groups excluding carboxylic acids is 3. The molecule has 1 aliphatic heterocycles. The van der Waals surface area contributed by atoms with Crippen molar-refractivity contribution in [3.63, 3.8) is 0 Å². The molecule has 0 aliphatic carbocycles. The second kappa shape index (κ2) is 8.65. The molecule has 3 amide bonds.